The molecule has 0 radical (unpaired) electrons. The maximum atomic E-state index is 5.20. The average molecular weight is 214 g/mol. The van der Waals surface area contributed by atoms with E-state index in [4.69, 9.17) is 4.74 Å². The first kappa shape index (κ1) is 12.9. The highest BCUT2D eigenvalue weighted by Crippen LogP contribution is 2.13. The molecule has 0 bridgehead atoms. The highest BCUT2D eigenvalue weighted by molar-refractivity contribution is 4.84. The summed E-state index contributed by atoms with van der Waals surface area (Å²) in [4.78, 5) is 2.54. The average Bonchev–Trinajstić information content (AvgIpc) is 2.65. The summed E-state index contributed by atoms with van der Waals surface area (Å²) >= 11 is 0. The normalized spacial score (nSPS) is 25.0. The topological polar surface area (TPSA) is 24.5 Å². The Kier molecular flexibility index (Phi) is 5.58. The molecule has 1 rings (SSSR count). The van der Waals surface area contributed by atoms with Gasteiger partial charge in [0.2, 0.25) is 0 Å². The summed E-state index contributed by atoms with van der Waals surface area (Å²) in [5, 5.41) is 3.68. The van der Waals surface area contributed by atoms with Gasteiger partial charge in [-0.3, -0.25) is 4.90 Å². The summed E-state index contributed by atoms with van der Waals surface area (Å²) in [5.41, 5.74) is 0. The Morgan fingerprint density at radius 1 is 1.47 bits per heavy atom. The van der Waals surface area contributed by atoms with E-state index in [-0.39, 0.29) is 0 Å². The van der Waals surface area contributed by atoms with Crippen molar-refractivity contribution >= 4 is 0 Å². The van der Waals surface area contributed by atoms with Gasteiger partial charge in [-0.25, -0.2) is 0 Å². The predicted octanol–water partition coefficient (Wildman–Crippen LogP) is 1.48. The second-order valence-electron chi connectivity index (χ2n) is 4.80. The number of nitrogens with one attached hydrogen (secondary N) is 1. The van der Waals surface area contributed by atoms with Crippen LogP contribution in [-0.4, -0.2) is 49.8 Å². The molecule has 3 heteroatoms. The summed E-state index contributed by atoms with van der Waals surface area (Å²) in [7, 11) is 1.78. The van der Waals surface area contributed by atoms with Crippen LogP contribution < -0.4 is 5.32 Å². The van der Waals surface area contributed by atoms with Crippen LogP contribution >= 0.6 is 0 Å². The van der Waals surface area contributed by atoms with Crippen LogP contribution in [0, 0.1) is 0 Å². The molecule has 0 aliphatic carbocycles. The zero-order valence-electron chi connectivity index (χ0n) is 10.6. The highest BCUT2D eigenvalue weighted by Gasteiger charge is 2.25. The van der Waals surface area contributed by atoms with E-state index in [9.17, 15) is 0 Å². The Bertz CT molecular complexity index is 173. The maximum absolute atomic E-state index is 5.20. The lowest BCUT2D eigenvalue weighted by atomic mass is 10.2. The van der Waals surface area contributed by atoms with Gasteiger partial charge in [0.1, 0.15) is 0 Å². The number of methoxy groups -OCH3 is 1. The smallest absolute Gasteiger partial charge is 0.0615 e. The van der Waals surface area contributed by atoms with E-state index in [2.05, 4.69) is 31.0 Å². The molecule has 2 unspecified atom stereocenters. The van der Waals surface area contributed by atoms with E-state index in [1.54, 1.807) is 7.11 Å². The first-order valence-corrected chi connectivity index (χ1v) is 6.16. The Balaban J connectivity index is 2.27. The Morgan fingerprint density at radius 2 is 2.20 bits per heavy atom. The molecule has 1 N–H and O–H groups in total. The molecule has 1 saturated heterocycles. The molecular formula is C12H26N2O. The van der Waals surface area contributed by atoms with Crippen molar-refractivity contribution in [2.45, 2.75) is 51.7 Å². The fraction of sp³-hybridized carbons (Fsp3) is 1.00. The SMILES string of the molecule is CCC(COC)NC1CCN(C(C)C)C1. The third kappa shape index (κ3) is 4.09. The summed E-state index contributed by atoms with van der Waals surface area (Å²) in [6.07, 6.45) is 2.42. The standard InChI is InChI=1S/C12H26N2O/c1-5-11(9-15-4)13-12-6-7-14(8-12)10(2)3/h10-13H,5-9H2,1-4H3. The molecule has 1 heterocycles. The van der Waals surface area contributed by atoms with Crippen LogP contribution in [0.3, 0.4) is 0 Å². The molecule has 1 aliphatic rings. The van der Waals surface area contributed by atoms with Gasteiger partial charge in [-0.05, 0) is 33.2 Å². The molecule has 15 heavy (non-hydrogen) atoms. The van der Waals surface area contributed by atoms with Gasteiger partial charge in [-0.15, -0.1) is 0 Å². The van der Waals surface area contributed by atoms with E-state index in [1.165, 1.54) is 19.5 Å². The van der Waals surface area contributed by atoms with E-state index in [1.807, 2.05) is 0 Å². The molecule has 2 atom stereocenters. The van der Waals surface area contributed by atoms with Crippen molar-refractivity contribution in [2.24, 2.45) is 0 Å². The lowest BCUT2D eigenvalue weighted by molar-refractivity contribution is 0.157. The molecule has 0 aromatic heterocycles. The molecule has 3 nitrogen and oxygen atoms in total. The van der Waals surface area contributed by atoms with Crippen molar-refractivity contribution in [3.05, 3.63) is 0 Å². The van der Waals surface area contributed by atoms with E-state index >= 15 is 0 Å². The van der Waals surface area contributed by atoms with Gasteiger partial charge >= 0.3 is 0 Å². The maximum Gasteiger partial charge on any atom is 0.0615 e. The van der Waals surface area contributed by atoms with Gasteiger partial charge in [0, 0.05) is 31.8 Å². The third-order valence-electron chi connectivity index (χ3n) is 3.28. The third-order valence-corrected chi connectivity index (χ3v) is 3.28. The van der Waals surface area contributed by atoms with Gasteiger partial charge in [0.15, 0.2) is 0 Å². The number of rotatable bonds is 6. The largest absolute Gasteiger partial charge is 0.383 e. The fourth-order valence-electron chi connectivity index (χ4n) is 2.21. The zero-order chi connectivity index (χ0) is 11.3. The number of likely N-dealkylation sites (tertiary alicyclic amines) is 1. The van der Waals surface area contributed by atoms with Crippen molar-refractivity contribution in [3.63, 3.8) is 0 Å². The van der Waals surface area contributed by atoms with Crippen LogP contribution in [0.1, 0.15) is 33.6 Å². The van der Waals surface area contributed by atoms with Crippen LogP contribution in [0.5, 0.6) is 0 Å². The zero-order valence-corrected chi connectivity index (χ0v) is 10.6. The Hall–Kier alpha value is -0.120. The van der Waals surface area contributed by atoms with Crippen molar-refractivity contribution in [1.82, 2.24) is 10.2 Å². The molecule has 0 saturated carbocycles. The predicted molar refractivity (Wildman–Crippen MR) is 64.2 cm³/mol. The number of hydrogen-bond donors (Lipinski definition) is 1. The quantitative estimate of drug-likeness (QED) is 0.725. The number of hydrogen-bond acceptors (Lipinski definition) is 3. The second-order valence-corrected chi connectivity index (χ2v) is 4.80. The van der Waals surface area contributed by atoms with E-state index < -0.39 is 0 Å². The minimum Gasteiger partial charge on any atom is -0.383 e. The van der Waals surface area contributed by atoms with Gasteiger partial charge in [0.25, 0.3) is 0 Å². The van der Waals surface area contributed by atoms with Gasteiger partial charge in [-0.1, -0.05) is 6.92 Å². The molecule has 0 spiro atoms. The number of nitrogens with zero attached hydrogens (tertiary/aromatic N) is 1. The van der Waals surface area contributed by atoms with Crippen LogP contribution in [0.25, 0.3) is 0 Å². The molecule has 0 amide bonds. The fourth-order valence-corrected chi connectivity index (χ4v) is 2.21. The van der Waals surface area contributed by atoms with Gasteiger partial charge in [0.05, 0.1) is 6.61 Å². The monoisotopic (exact) mass is 214 g/mol. The van der Waals surface area contributed by atoms with Crippen LogP contribution in [0.2, 0.25) is 0 Å². The van der Waals surface area contributed by atoms with Crippen LogP contribution in [-0.2, 0) is 4.74 Å². The van der Waals surface area contributed by atoms with Gasteiger partial charge < -0.3 is 10.1 Å². The van der Waals surface area contributed by atoms with Crippen molar-refractivity contribution in [1.29, 1.82) is 0 Å². The summed E-state index contributed by atoms with van der Waals surface area (Å²) < 4.78 is 5.20. The first-order valence-electron chi connectivity index (χ1n) is 6.16. The molecule has 0 aromatic rings. The van der Waals surface area contributed by atoms with Crippen molar-refractivity contribution in [2.75, 3.05) is 26.8 Å². The van der Waals surface area contributed by atoms with E-state index in [0.717, 1.165) is 13.0 Å². The lowest BCUT2D eigenvalue weighted by Gasteiger charge is -2.23. The van der Waals surface area contributed by atoms with Gasteiger partial charge in [-0.2, -0.15) is 0 Å². The van der Waals surface area contributed by atoms with E-state index in [0.29, 0.717) is 18.1 Å². The second kappa shape index (κ2) is 6.46. The molecule has 0 aromatic carbocycles. The minimum atomic E-state index is 0.520. The van der Waals surface area contributed by atoms with Crippen LogP contribution in [0.15, 0.2) is 0 Å². The summed E-state index contributed by atoms with van der Waals surface area (Å²) in [6, 6.07) is 1.86. The molecule has 1 fully saturated rings. The summed E-state index contributed by atoms with van der Waals surface area (Å²) in [5.74, 6) is 0. The summed E-state index contributed by atoms with van der Waals surface area (Å²) in [6.45, 7) is 10.0. The Morgan fingerprint density at radius 3 is 2.67 bits per heavy atom. The number of ether oxygens (including phenoxy) is 1. The first-order chi connectivity index (χ1) is 7.17. The molecule has 1 aliphatic heterocycles. The highest BCUT2D eigenvalue weighted by atomic mass is 16.5. The van der Waals surface area contributed by atoms with Crippen molar-refractivity contribution in [3.8, 4) is 0 Å². The lowest BCUT2D eigenvalue weighted by Crippen LogP contribution is -2.42. The minimum absolute atomic E-state index is 0.520. The molecular weight excluding hydrogens is 188 g/mol. The molecule has 90 valence electrons. The van der Waals surface area contributed by atoms with Crippen molar-refractivity contribution < 1.29 is 4.74 Å². The van der Waals surface area contributed by atoms with Crippen LogP contribution in [0.4, 0.5) is 0 Å². The Labute approximate surface area is 94.2 Å².